The summed E-state index contributed by atoms with van der Waals surface area (Å²) in [5.74, 6) is -0.192. The molecule has 0 spiro atoms. The Morgan fingerprint density at radius 1 is 1.12 bits per heavy atom. The van der Waals surface area contributed by atoms with Crippen molar-refractivity contribution in [3.05, 3.63) is 70.7 Å². The molecule has 128 valence electrons. The summed E-state index contributed by atoms with van der Waals surface area (Å²) in [6.45, 7) is 1.01. The van der Waals surface area contributed by atoms with Gasteiger partial charge in [-0.15, -0.1) is 0 Å². The van der Waals surface area contributed by atoms with Crippen molar-refractivity contribution in [1.82, 2.24) is 10.2 Å². The molecule has 0 radical (unpaired) electrons. The van der Waals surface area contributed by atoms with Gasteiger partial charge in [-0.3, -0.25) is 4.79 Å². The van der Waals surface area contributed by atoms with Crippen LogP contribution in [0.5, 0.6) is 0 Å². The summed E-state index contributed by atoms with van der Waals surface area (Å²) >= 11 is 11.2. The Morgan fingerprint density at radius 3 is 2.44 bits per heavy atom. The maximum absolute atomic E-state index is 12.2. The average Bonchev–Trinajstić information content (AvgIpc) is 2.61. The molecule has 25 heavy (non-hydrogen) atoms. The lowest BCUT2D eigenvalue weighted by molar-refractivity contribution is -0.119. The van der Waals surface area contributed by atoms with Gasteiger partial charge < -0.3 is 10.2 Å². The minimum atomic E-state index is -0.192. The van der Waals surface area contributed by atoms with Crippen LogP contribution in [-0.2, 0) is 17.8 Å². The van der Waals surface area contributed by atoms with E-state index in [1.165, 1.54) is 0 Å². The first-order valence-corrected chi connectivity index (χ1v) is 8.61. The summed E-state index contributed by atoms with van der Waals surface area (Å²) in [7, 11) is 0. The van der Waals surface area contributed by atoms with Crippen LogP contribution in [0.15, 0.2) is 54.6 Å². The van der Waals surface area contributed by atoms with Crippen molar-refractivity contribution in [2.45, 2.75) is 19.4 Å². The normalized spacial score (nSPS) is 9.92. The molecule has 0 aromatic heterocycles. The lowest BCUT2D eigenvalue weighted by Gasteiger charge is -2.24. The molecule has 0 heterocycles. The molecule has 0 atom stereocenters. The van der Waals surface area contributed by atoms with Crippen LogP contribution in [0.3, 0.4) is 0 Å². The van der Waals surface area contributed by atoms with Crippen LogP contribution >= 0.6 is 23.8 Å². The smallest absolute Gasteiger partial charge is 0.230 e. The van der Waals surface area contributed by atoms with E-state index in [0.29, 0.717) is 29.6 Å². The Kier molecular flexibility index (Phi) is 7.39. The van der Waals surface area contributed by atoms with E-state index in [0.717, 1.165) is 11.1 Å². The summed E-state index contributed by atoms with van der Waals surface area (Å²) in [5, 5.41) is 12.6. The van der Waals surface area contributed by atoms with Gasteiger partial charge in [-0.2, -0.15) is 5.26 Å². The number of amides is 1. The lowest BCUT2D eigenvalue weighted by Crippen LogP contribution is -2.43. The third-order valence-corrected chi connectivity index (χ3v) is 4.13. The van der Waals surface area contributed by atoms with E-state index in [1.807, 2.05) is 47.4 Å². The highest BCUT2D eigenvalue weighted by Gasteiger charge is 2.13. The van der Waals surface area contributed by atoms with Crippen LogP contribution in [0.25, 0.3) is 0 Å². The first-order valence-electron chi connectivity index (χ1n) is 7.82. The quantitative estimate of drug-likeness (QED) is 0.786. The largest absolute Gasteiger partial charge is 0.344 e. The maximum Gasteiger partial charge on any atom is 0.230 e. The average molecular weight is 372 g/mol. The van der Waals surface area contributed by atoms with Gasteiger partial charge in [-0.05, 0) is 35.5 Å². The predicted octanol–water partition coefficient (Wildman–Crippen LogP) is 3.70. The van der Waals surface area contributed by atoms with Crippen molar-refractivity contribution >= 4 is 34.8 Å². The van der Waals surface area contributed by atoms with E-state index in [4.69, 9.17) is 29.1 Å². The van der Waals surface area contributed by atoms with Crippen LogP contribution in [0.2, 0.25) is 5.02 Å². The molecule has 0 unspecified atom stereocenters. The van der Waals surface area contributed by atoms with Gasteiger partial charge in [-0.1, -0.05) is 54.1 Å². The highest BCUT2D eigenvalue weighted by Crippen LogP contribution is 2.10. The van der Waals surface area contributed by atoms with Gasteiger partial charge in [0.05, 0.1) is 18.9 Å². The molecule has 1 N–H and O–H groups in total. The highest BCUT2D eigenvalue weighted by atomic mass is 35.5. The number of nitrogens with one attached hydrogen (secondary N) is 1. The van der Waals surface area contributed by atoms with Crippen LogP contribution in [0, 0.1) is 11.3 Å². The van der Waals surface area contributed by atoms with Gasteiger partial charge >= 0.3 is 0 Å². The number of thiocarbonyl (C=S) groups is 1. The highest BCUT2D eigenvalue weighted by molar-refractivity contribution is 7.80. The third-order valence-electron chi connectivity index (χ3n) is 3.52. The number of carbonyl (C=O) groups excluding carboxylic acids is 1. The molecule has 2 aromatic rings. The first kappa shape index (κ1) is 18.9. The van der Waals surface area contributed by atoms with Crippen molar-refractivity contribution in [3.8, 4) is 6.07 Å². The fraction of sp³-hybridized carbons (Fsp3) is 0.211. The standard InChI is InChI=1S/C19H18ClN3OS/c20-17-9-7-15(8-10-17)13-18(24)22-19(25)23(12-4-11-21)14-16-5-2-1-3-6-16/h1-3,5-10H,4,12-14H2,(H,22,24,25). The van der Waals surface area contributed by atoms with E-state index in [1.54, 1.807) is 12.1 Å². The number of carbonyl (C=O) groups is 1. The Balaban J connectivity index is 1.96. The Labute approximate surface area is 158 Å². The van der Waals surface area contributed by atoms with E-state index >= 15 is 0 Å². The number of benzene rings is 2. The van der Waals surface area contributed by atoms with E-state index in [-0.39, 0.29) is 12.3 Å². The van der Waals surface area contributed by atoms with Gasteiger partial charge in [0.1, 0.15) is 0 Å². The van der Waals surface area contributed by atoms with Crippen LogP contribution in [0.1, 0.15) is 17.5 Å². The second kappa shape index (κ2) is 9.77. The molecule has 2 rings (SSSR count). The topological polar surface area (TPSA) is 56.1 Å². The molecule has 6 heteroatoms. The van der Waals surface area contributed by atoms with Crippen molar-refractivity contribution in [3.63, 3.8) is 0 Å². The number of halogens is 1. The molecule has 4 nitrogen and oxygen atoms in total. The van der Waals surface area contributed by atoms with E-state index in [2.05, 4.69) is 11.4 Å². The fourth-order valence-corrected chi connectivity index (χ4v) is 2.67. The zero-order valence-electron chi connectivity index (χ0n) is 13.6. The molecule has 0 saturated heterocycles. The van der Waals surface area contributed by atoms with E-state index in [9.17, 15) is 4.79 Å². The van der Waals surface area contributed by atoms with Gasteiger partial charge in [0, 0.05) is 18.1 Å². The van der Waals surface area contributed by atoms with Crippen LogP contribution in [-0.4, -0.2) is 22.5 Å². The second-order valence-corrected chi connectivity index (χ2v) is 6.29. The van der Waals surface area contributed by atoms with Crippen LogP contribution < -0.4 is 5.32 Å². The molecule has 0 saturated carbocycles. The molecule has 0 aliphatic rings. The Morgan fingerprint density at radius 2 is 1.80 bits per heavy atom. The van der Waals surface area contributed by atoms with Crippen molar-refractivity contribution in [2.24, 2.45) is 0 Å². The second-order valence-electron chi connectivity index (χ2n) is 5.47. The van der Waals surface area contributed by atoms with Crippen molar-refractivity contribution in [1.29, 1.82) is 5.26 Å². The number of rotatable bonds is 6. The van der Waals surface area contributed by atoms with Gasteiger partial charge in [0.25, 0.3) is 0 Å². The maximum atomic E-state index is 12.2. The zero-order valence-corrected chi connectivity index (χ0v) is 15.2. The van der Waals surface area contributed by atoms with Crippen LogP contribution in [0.4, 0.5) is 0 Å². The summed E-state index contributed by atoms with van der Waals surface area (Å²) in [6, 6.07) is 19.0. The molecular formula is C19H18ClN3OS. The van der Waals surface area contributed by atoms with Gasteiger partial charge in [0.15, 0.2) is 5.11 Å². The first-order chi connectivity index (χ1) is 12.1. The molecule has 0 aliphatic heterocycles. The predicted molar refractivity (Wildman–Crippen MR) is 103 cm³/mol. The summed E-state index contributed by atoms with van der Waals surface area (Å²) in [5.41, 5.74) is 1.92. The summed E-state index contributed by atoms with van der Waals surface area (Å²) in [6.07, 6.45) is 0.550. The Hall–Kier alpha value is -2.42. The number of nitriles is 1. The summed E-state index contributed by atoms with van der Waals surface area (Å²) in [4.78, 5) is 14.0. The third kappa shape index (κ3) is 6.54. The molecule has 0 fully saturated rings. The number of hydrogen-bond acceptors (Lipinski definition) is 3. The molecule has 0 aliphatic carbocycles. The minimum absolute atomic E-state index is 0.192. The number of hydrogen-bond donors (Lipinski definition) is 1. The summed E-state index contributed by atoms with van der Waals surface area (Å²) < 4.78 is 0. The fourth-order valence-electron chi connectivity index (χ4n) is 2.27. The Bertz CT molecular complexity index is 756. The molecule has 0 bridgehead atoms. The minimum Gasteiger partial charge on any atom is -0.344 e. The van der Waals surface area contributed by atoms with Crippen molar-refractivity contribution in [2.75, 3.05) is 6.54 Å². The SMILES string of the molecule is N#CCCN(Cc1ccccc1)C(=S)NC(=O)Cc1ccc(Cl)cc1. The molecule has 2 aromatic carbocycles. The lowest BCUT2D eigenvalue weighted by atomic mass is 10.1. The van der Waals surface area contributed by atoms with Crippen molar-refractivity contribution < 1.29 is 4.79 Å². The van der Waals surface area contributed by atoms with E-state index < -0.39 is 0 Å². The molecule has 1 amide bonds. The van der Waals surface area contributed by atoms with Gasteiger partial charge in [0.2, 0.25) is 5.91 Å². The van der Waals surface area contributed by atoms with Gasteiger partial charge in [-0.25, -0.2) is 0 Å². The zero-order chi connectivity index (χ0) is 18.1. The molecular weight excluding hydrogens is 354 g/mol. The number of nitrogens with zero attached hydrogens (tertiary/aromatic N) is 2. The monoisotopic (exact) mass is 371 g/mol.